The highest BCUT2D eigenvalue weighted by Gasteiger charge is 2.21. The molecule has 0 aliphatic carbocycles. The van der Waals surface area contributed by atoms with Gasteiger partial charge in [-0.15, -0.1) is 0 Å². The number of hydrogen-bond acceptors (Lipinski definition) is 3. The fourth-order valence-electron chi connectivity index (χ4n) is 2.99. The second-order valence-corrected chi connectivity index (χ2v) is 5.35. The van der Waals surface area contributed by atoms with Crippen LogP contribution in [0.4, 0.5) is 4.39 Å². The summed E-state index contributed by atoms with van der Waals surface area (Å²) in [6.45, 7) is 2.01. The molecule has 3 aromatic rings. The molecule has 0 saturated carbocycles. The number of aromatic nitrogens is 3. The zero-order valence-electron chi connectivity index (χ0n) is 11.5. The largest absolute Gasteiger partial charge is 0.316 e. The highest BCUT2D eigenvalue weighted by molar-refractivity contribution is 5.63. The monoisotopic (exact) mass is 282 g/mol. The van der Waals surface area contributed by atoms with Crippen LogP contribution < -0.4 is 5.32 Å². The minimum absolute atomic E-state index is 0.231. The molecular formula is C16H15FN4. The molecule has 5 heteroatoms. The van der Waals surface area contributed by atoms with E-state index in [1.54, 1.807) is 18.3 Å². The maximum atomic E-state index is 13.1. The summed E-state index contributed by atoms with van der Waals surface area (Å²) in [4.78, 5) is 8.72. The molecule has 4 rings (SSSR count). The van der Waals surface area contributed by atoms with Gasteiger partial charge in [-0.25, -0.2) is 14.4 Å². The topological polar surface area (TPSA) is 42.2 Å². The van der Waals surface area contributed by atoms with E-state index in [0.717, 1.165) is 30.8 Å². The van der Waals surface area contributed by atoms with Crippen LogP contribution in [0.15, 0.2) is 42.7 Å². The Morgan fingerprint density at radius 1 is 1.14 bits per heavy atom. The van der Waals surface area contributed by atoms with Crippen LogP contribution in [-0.2, 0) is 0 Å². The summed E-state index contributed by atoms with van der Waals surface area (Å²) in [5.74, 6) is 0.925. The van der Waals surface area contributed by atoms with Crippen molar-refractivity contribution in [1.82, 2.24) is 19.7 Å². The van der Waals surface area contributed by atoms with Gasteiger partial charge in [-0.3, -0.25) is 4.40 Å². The summed E-state index contributed by atoms with van der Waals surface area (Å²) in [5.41, 5.74) is 3.12. The number of hydrogen-bond donors (Lipinski definition) is 1. The lowest BCUT2D eigenvalue weighted by molar-refractivity contribution is 0.628. The van der Waals surface area contributed by atoms with E-state index in [2.05, 4.69) is 25.8 Å². The van der Waals surface area contributed by atoms with Crippen molar-refractivity contribution in [2.24, 2.45) is 0 Å². The van der Waals surface area contributed by atoms with E-state index < -0.39 is 0 Å². The standard InChI is InChI=1S/C16H15FN4/c17-13-3-1-11(2-4-13)15-10-20-16-19-8-6-14(21(15)16)12-5-7-18-9-12/h1-4,6,8,10,12,18H,5,7,9H2/t12-/m1/s1. The van der Waals surface area contributed by atoms with Crippen molar-refractivity contribution in [2.45, 2.75) is 12.3 Å². The lowest BCUT2D eigenvalue weighted by atomic mass is 10.0. The predicted molar refractivity (Wildman–Crippen MR) is 78.6 cm³/mol. The summed E-state index contributed by atoms with van der Waals surface area (Å²) in [6, 6.07) is 8.56. The molecule has 1 atom stereocenters. The fraction of sp³-hybridized carbons (Fsp3) is 0.250. The first-order valence-corrected chi connectivity index (χ1v) is 7.12. The third-order valence-electron chi connectivity index (χ3n) is 4.06. The molecule has 1 saturated heterocycles. The van der Waals surface area contributed by atoms with Gasteiger partial charge in [-0.2, -0.15) is 0 Å². The quantitative estimate of drug-likeness (QED) is 0.785. The second-order valence-electron chi connectivity index (χ2n) is 5.35. The van der Waals surface area contributed by atoms with Gasteiger partial charge in [0.2, 0.25) is 5.78 Å². The average molecular weight is 282 g/mol. The molecular weight excluding hydrogens is 267 g/mol. The number of halogens is 1. The van der Waals surface area contributed by atoms with E-state index in [9.17, 15) is 4.39 Å². The molecule has 0 radical (unpaired) electrons. The Labute approximate surface area is 121 Å². The SMILES string of the molecule is Fc1ccc(-c2cnc3nccc([C@@H]4CCNC4)n23)cc1. The number of nitrogens with zero attached hydrogens (tertiary/aromatic N) is 3. The van der Waals surface area contributed by atoms with Gasteiger partial charge in [0, 0.05) is 29.9 Å². The summed E-state index contributed by atoms with van der Waals surface area (Å²) in [6.07, 6.45) is 4.73. The van der Waals surface area contributed by atoms with Crippen LogP contribution in [0.2, 0.25) is 0 Å². The minimum atomic E-state index is -0.231. The first-order chi connectivity index (χ1) is 10.3. The highest BCUT2D eigenvalue weighted by atomic mass is 19.1. The summed E-state index contributed by atoms with van der Waals surface area (Å²) in [5, 5.41) is 3.39. The van der Waals surface area contributed by atoms with Crippen molar-refractivity contribution in [2.75, 3.05) is 13.1 Å². The van der Waals surface area contributed by atoms with Crippen molar-refractivity contribution in [3.63, 3.8) is 0 Å². The molecule has 3 heterocycles. The maximum absolute atomic E-state index is 13.1. The Morgan fingerprint density at radius 3 is 2.76 bits per heavy atom. The molecule has 1 aliphatic rings. The Bertz CT molecular complexity index is 773. The Kier molecular flexibility index (Phi) is 2.93. The third kappa shape index (κ3) is 2.10. The maximum Gasteiger partial charge on any atom is 0.234 e. The predicted octanol–water partition coefficient (Wildman–Crippen LogP) is 2.61. The molecule has 0 bridgehead atoms. The lowest BCUT2D eigenvalue weighted by Gasteiger charge is -2.13. The van der Waals surface area contributed by atoms with Gasteiger partial charge in [0.05, 0.1) is 11.9 Å². The molecule has 1 N–H and O–H groups in total. The molecule has 106 valence electrons. The minimum Gasteiger partial charge on any atom is -0.316 e. The van der Waals surface area contributed by atoms with Gasteiger partial charge in [0.15, 0.2) is 0 Å². The molecule has 2 aromatic heterocycles. The first-order valence-electron chi connectivity index (χ1n) is 7.12. The molecule has 0 spiro atoms. The van der Waals surface area contributed by atoms with E-state index >= 15 is 0 Å². The Balaban J connectivity index is 1.91. The van der Waals surface area contributed by atoms with Gasteiger partial charge in [-0.05, 0) is 43.3 Å². The second kappa shape index (κ2) is 4.93. The Hall–Kier alpha value is -2.27. The number of nitrogens with one attached hydrogen (secondary N) is 1. The van der Waals surface area contributed by atoms with Crippen LogP contribution in [0, 0.1) is 5.82 Å². The van der Waals surface area contributed by atoms with Crippen LogP contribution in [0.5, 0.6) is 0 Å². The van der Waals surface area contributed by atoms with Crippen molar-refractivity contribution in [1.29, 1.82) is 0 Å². The zero-order valence-corrected chi connectivity index (χ0v) is 11.5. The van der Waals surface area contributed by atoms with Crippen LogP contribution in [0.3, 0.4) is 0 Å². The molecule has 1 aliphatic heterocycles. The van der Waals surface area contributed by atoms with Gasteiger partial charge in [-0.1, -0.05) is 0 Å². The van der Waals surface area contributed by atoms with E-state index in [-0.39, 0.29) is 5.82 Å². The van der Waals surface area contributed by atoms with Crippen molar-refractivity contribution in [3.05, 3.63) is 54.2 Å². The Morgan fingerprint density at radius 2 is 2.00 bits per heavy atom. The van der Waals surface area contributed by atoms with E-state index in [0.29, 0.717) is 11.7 Å². The zero-order chi connectivity index (χ0) is 14.2. The number of benzene rings is 1. The number of rotatable bonds is 2. The van der Waals surface area contributed by atoms with Crippen LogP contribution in [0.25, 0.3) is 17.0 Å². The van der Waals surface area contributed by atoms with E-state index in [1.807, 2.05) is 6.20 Å². The molecule has 4 nitrogen and oxygen atoms in total. The van der Waals surface area contributed by atoms with E-state index in [1.165, 1.54) is 17.8 Å². The summed E-state index contributed by atoms with van der Waals surface area (Å²) in [7, 11) is 0. The summed E-state index contributed by atoms with van der Waals surface area (Å²) >= 11 is 0. The molecule has 0 amide bonds. The average Bonchev–Trinajstić information content (AvgIpc) is 3.17. The highest BCUT2D eigenvalue weighted by Crippen LogP contribution is 2.27. The molecule has 1 fully saturated rings. The van der Waals surface area contributed by atoms with Gasteiger partial charge in [0.1, 0.15) is 5.82 Å². The van der Waals surface area contributed by atoms with Crippen LogP contribution >= 0.6 is 0 Å². The van der Waals surface area contributed by atoms with Crippen molar-refractivity contribution >= 4 is 5.78 Å². The molecule has 1 aromatic carbocycles. The van der Waals surface area contributed by atoms with E-state index in [4.69, 9.17) is 0 Å². The summed E-state index contributed by atoms with van der Waals surface area (Å²) < 4.78 is 15.2. The van der Waals surface area contributed by atoms with Crippen molar-refractivity contribution < 1.29 is 4.39 Å². The number of imidazole rings is 1. The third-order valence-corrected chi connectivity index (χ3v) is 4.06. The lowest BCUT2D eigenvalue weighted by Crippen LogP contribution is -2.11. The number of fused-ring (bicyclic) bond motifs is 1. The van der Waals surface area contributed by atoms with Gasteiger partial charge >= 0.3 is 0 Å². The van der Waals surface area contributed by atoms with Crippen LogP contribution in [-0.4, -0.2) is 27.5 Å². The van der Waals surface area contributed by atoms with Gasteiger partial charge < -0.3 is 5.32 Å². The molecule has 21 heavy (non-hydrogen) atoms. The fourth-order valence-corrected chi connectivity index (χ4v) is 2.99. The van der Waals surface area contributed by atoms with Crippen LogP contribution in [0.1, 0.15) is 18.0 Å². The smallest absolute Gasteiger partial charge is 0.234 e. The van der Waals surface area contributed by atoms with Gasteiger partial charge in [0.25, 0.3) is 0 Å². The first kappa shape index (κ1) is 12.5. The van der Waals surface area contributed by atoms with Crippen molar-refractivity contribution in [3.8, 4) is 11.3 Å². The normalized spacial score (nSPS) is 18.4. The molecule has 0 unspecified atom stereocenters.